The summed E-state index contributed by atoms with van der Waals surface area (Å²) in [7, 11) is 0. The van der Waals surface area contributed by atoms with Crippen molar-refractivity contribution in [1.29, 1.82) is 0 Å². The molecule has 0 fully saturated rings. The zero-order chi connectivity index (χ0) is 18.0. The van der Waals surface area contributed by atoms with Crippen molar-refractivity contribution in [3.63, 3.8) is 0 Å². The van der Waals surface area contributed by atoms with Gasteiger partial charge in [0.1, 0.15) is 17.6 Å². The van der Waals surface area contributed by atoms with Gasteiger partial charge in [0, 0.05) is 11.1 Å². The molecule has 1 unspecified atom stereocenters. The van der Waals surface area contributed by atoms with Gasteiger partial charge in [-0.3, -0.25) is 9.59 Å². The third-order valence-electron chi connectivity index (χ3n) is 3.85. The van der Waals surface area contributed by atoms with Crippen LogP contribution in [0.15, 0.2) is 47.1 Å². The fraction of sp³-hybridized carbons (Fsp3) is 0.368. The minimum absolute atomic E-state index is 0.114. The van der Waals surface area contributed by atoms with Gasteiger partial charge in [-0.25, -0.2) is 0 Å². The average molecular weight is 342 g/mol. The summed E-state index contributed by atoms with van der Waals surface area (Å²) in [5.74, 6) is 0.653. The van der Waals surface area contributed by atoms with E-state index in [-0.39, 0.29) is 25.0 Å². The Morgan fingerprint density at radius 3 is 2.68 bits per heavy atom. The number of hydrogen-bond donors (Lipinski definition) is 1. The summed E-state index contributed by atoms with van der Waals surface area (Å²) in [4.78, 5) is 27.2. The number of ether oxygens (including phenoxy) is 1. The standard InChI is InChI=1S/C19H22N2O4/c1-19(2,3)20-18(23)17-14-8-4-5-9-15(14)25-12-16(22)21(17)11-13-7-6-10-24-13/h4-10,17H,11-12H2,1-3H3,(H,20,23). The second-order valence-electron chi connectivity index (χ2n) is 7.07. The molecule has 1 aromatic carbocycles. The normalized spacial score (nSPS) is 17.5. The van der Waals surface area contributed by atoms with Gasteiger partial charge in [0.2, 0.25) is 5.91 Å². The number of fused-ring (bicyclic) bond motifs is 1. The van der Waals surface area contributed by atoms with Crippen LogP contribution in [0.25, 0.3) is 0 Å². The molecule has 1 atom stereocenters. The quantitative estimate of drug-likeness (QED) is 0.931. The summed E-state index contributed by atoms with van der Waals surface area (Å²) in [5.41, 5.74) is 0.250. The Morgan fingerprint density at radius 1 is 1.24 bits per heavy atom. The highest BCUT2D eigenvalue weighted by molar-refractivity contribution is 5.91. The minimum Gasteiger partial charge on any atom is -0.483 e. The van der Waals surface area contributed by atoms with Crippen molar-refractivity contribution >= 4 is 11.8 Å². The van der Waals surface area contributed by atoms with Crippen LogP contribution in [-0.2, 0) is 16.1 Å². The summed E-state index contributed by atoms with van der Waals surface area (Å²) in [5, 5.41) is 2.97. The van der Waals surface area contributed by atoms with E-state index in [0.29, 0.717) is 17.1 Å². The fourth-order valence-electron chi connectivity index (χ4n) is 2.84. The maximum atomic E-state index is 13.0. The number of rotatable bonds is 3. The molecule has 1 aliphatic rings. The van der Waals surface area contributed by atoms with Crippen LogP contribution in [0.5, 0.6) is 5.75 Å². The van der Waals surface area contributed by atoms with Crippen LogP contribution in [0.1, 0.15) is 38.1 Å². The molecular weight excluding hydrogens is 320 g/mol. The Morgan fingerprint density at radius 2 is 2.00 bits per heavy atom. The van der Waals surface area contributed by atoms with Gasteiger partial charge < -0.3 is 19.4 Å². The number of carbonyl (C=O) groups excluding carboxylic acids is 2. The predicted octanol–water partition coefficient (Wildman–Crippen LogP) is 2.66. The van der Waals surface area contributed by atoms with Crippen molar-refractivity contribution in [2.75, 3.05) is 6.61 Å². The van der Waals surface area contributed by atoms with Crippen LogP contribution in [0.3, 0.4) is 0 Å². The van der Waals surface area contributed by atoms with E-state index in [0.717, 1.165) is 0 Å². The van der Waals surface area contributed by atoms with Gasteiger partial charge in [-0.15, -0.1) is 0 Å². The minimum atomic E-state index is -0.782. The SMILES string of the molecule is CC(C)(C)NC(=O)C1c2ccccc2OCC(=O)N1Cc1ccco1. The monoisotopic (exact) mass is 342 g/mol. The molecule has 2 heterocycles. The molecule has 2 aromatic rings. The van der Waals surface area contributed by atoms with Crippen molar-refractivity contribution in [2.24, 2.45) is 0 Å². The fourth-order valence-corrected chi connectivity index (χ4v) is 2.84. The molecule has 1 aromatic heterocycles. The van der Waals surface area contributed by atoms with E-state index >= 15 is 0 Å². The van der Waals surface area contributed by atoms with E-state index in [1.807, 2.05) is 39.0 Å². The molecule has 6 heteroatoms. The molecule has 0 aliphatic carbocycles. The Hall–Kier alpha value is -2.76. The lowest BCUT2D eigenvalue weighted by Crippen LogP contribution is -2.49. The smallest absolute Gasteiger partial charge is 0.261 e. The highest BCUT2D eigenvalue weighted by Gasteiger charge is 2.37. The van der Waals surface area contributed by atoms with Crippen molar-refractivity contribution in [3.8, 4) is 5.75 Å². The van der Waals surface area contributed by atoms with Gasteiger partial charge in [-0.2, -0.15) is 0 Å². The lowest BCUT2D eigenvalue weighted by Gasteiger charge is -2.31. The molecule has 1 aliphatic heterocycles. The van der Waals surface area contributed by atoms with Crippen LogP contribution in [-0.4, -0.2) is 28.9 Å². The van der Waals surface area contributed by atoms with Gasteiger partial charge >= 0.3 is 0 Å². The maximum Gasteiger partial charge on any atom is 0.261 e. The molecule has 0 radical (unpaired) electrons. The molecule has 0 bridgehead atoms. The molecule has 1 N–H and O–H groups in total. The topological polar surface area (TPSA) is 71.8 Å². The number of furan rings is 1. The third-order valence-corrected chi connectivity index (χ3v) is 3.85. The second kappa shape index (κ2) is 6.63. The molecule has 3 rings (SSSR count). The van der Waals surface area contributed by atoms with Crippen molar-refractivity contribution in [3.05, 3.63) is 54.0 Å². The molecule has 0 saturated heterocycles. The van der Waals surface area contributed by atoms with E-state index in [1.165, 1.54) is 4.90 Å². The first kappa shape index (κ1) is 17.1. The van der Waals surface area contributed by atoms with Crippen LogP contribution in [0, 0.1) is 0 Å². The predicted molar refractivity (Wildman–Crippen MR) is 91.8 cm³/mol. The highest BCUT2D eigenvalue weighted by Crippen LogP contribution is 2.34. The summed E-state index contributed by atoms with van der Waals surface area (Å²) >= 11 is 0. The second-order valence-corrected chi connectivity index (χ2v) is 7.07. The van der Waals surface area contributed by atoms with Gasteiger partial charge in [-0.1, -0.05) is 18.2 Å². The number of para-hydroxylation sites is 1. The Bertz CT molecular complexity index is 762. The van der Waals surface area contributed by atoms with Crippen LogP contribution in [0.2, 0.25) is 0 Å². The van der Waals surface area contributed by atoms with Crippen LogP contribution >= 0.6 is 0 Å². The molecular formula is C19H22N2O4. The summed E-state index contributed by atoms with van der Waals surface area (Å²) in [6, 6.07) is 10.0. The van der Waals surface area contributed by atoms with Crippen LogP contribution in [0.4, 0.5) is 0 Å². The van der Waals surface area contributed by atoms with Gasteiger partial charge in [0.15, 0.2) is 6.61 Å². The first-order chi connectivity index (χ1) is 11.8. The highest BCUT2D eigenvalue weighted by atomic mass is 16.5. The largest absolute Gasteiger partial charge is 0.483 e. The average Bonchev–Trinajstić information content (AvgIpc) is 2.99. The third kappa shape index (κ3) is 3.84. The molecule has 6 nitrogen and oxygen atoms in total. The number of hydrogen-bond acceptors (Lipinski definition) is 4. The molecule has 0 spiro atoms. The van der Waals surface area contributed by atoms with E-state index < -0.39 is 11.6 Å². The van der Waals surface area contributed by atoms with Gasteiger partial charge in [0.25, 0.3) is 5.91 Å². The van der Waals surface area contributed by atoms with E-state index in [1.54, 1.807) is 24.5 Å². The summed E-state index contributed by atoms with van der Waals surface area (Å²) < 4.78 is 11.0. The Labute approximate surface area is 146 Å². The van der Waals surface area contributed by atoms with Crippen molar-refractivity contribution < 1.29 is 18.7 Å². The Kier molecular flexibility index (Phi) is 4.53. The summed E-state index contributed by atoms with van der Waals surface area (Å²) in [6.45, 7) is 5.80. The van der Waals surface area contributed by atoms with Crippen molar-refractivity contribution in [2.45, 2.75) is 38.9 Å². The lowest BCUT2D eigenvalue weighted by molar-refractivity contribution is -0.142. The lowest BCUT2D eigenvalue weighted by atomic mass is 10.0. The Balaban J connectivity index is 2.02. The van der Waals surface area contributed by atoms with Gasteiger partial charge in [0.05, 0.1) is 12.8 Å². The number of benzene rings is 1. The van der Waals surface area contributed by atoms with E-state index in [4.69, 9.17) is 9.15 Å². The number of nitrogens with one attached hydrogen (secondary N) is 1. The maximum absolute atomic E-state index is 13.0. The zero-order valence-electron chi connectivity index (χ0n) is 14.6. The van der Waals surface area contributed by atoms with E-state index in [2.05, 4.69) is 5.32 Å². The zero-order valence-corrected chi connectivity index (χ0v) is 14.6. The van der Waals surface area contributed by atoms with Gasteiger partial charge in [-0.05, 0) is 39.0 Å². The first-order valence-corrected chi connectivity index (χ1v) is 8.21. The molecule has 0 saturated carbocycles. The van der Waals surface area contributed by atoms with E-state index in [9.17, 15) is 9.59 Å². The molecule has 132 valence electrons. The molecule has 2 amide bonds. The number of carbonyl (C=O) groups is 2. The van der Waals surface area contributed by atoms with Crippen LogP contribution < -0.4 is 10.1 Å². The number of nitrogens with zero attached hydrogens (tertiary/aromatic N) is 1. The number of amides is 2. The summed E-state index contributed by atoms with van der Waals surface area (Å²) in [6.07, 6.45) is 1.55. The van der Waals surface area contributed by atoms with Crippen molar-refractivity contribution in [1.82, 2.24) is 10.2 Å². The first-order valence-electron chi connectivity index (χ1n) is 8.21. The molecule has 25 heavy (non-hydrogen) atoms.